The van der Waals surface area contributed by atoms with Gasteiger partial charge in [0.2, 0.25) is 5.88 Å². The Bertz CT molecular complexity index is 929. The molecule has 0 N–H and O–H groups in total. The summed E-state index contributed by atoms with van der Waals surface area (Å²) in [5.74, 6) is 0.611. The lowest BCUT2D eigenvalue weighted by Crippen LogP contribution is -2.04. The Balaban J connectivity index is 1.54. The predicted molar refractivity (Wildman–Crippen MR) is 99.6 cm³/mol. The van der Waals surface area contributed by atoms with Gasteiger partial charge in [-0.15, -0.1) is 0 Å². The molecule has 8 heteroatoms. The zero-order valence-electron chi connectivity index (χ0n) is 15.0. The number of pyridine rings is 1. The Hall–Kier alpha value is -2.67. The van der Waals surface area contributed by atoms with Gasteiger partial charge in [-0.05, 0) is 56.0 Å². The number of rotatable bonds is 6. The second kappa shape index (κ2) is 8.56. The number of nitrogens with zero attached hydrogens (tertiary/aromatic N) is 3. The minimum atomic E-state index is -4.37. The van der Waals surface area contributed by atoms with Crippen LogP contribution >= 0.6 is 11.6 Å². The molecule has 0 unspecified atom stereocenters. The summed E-state index contributed by atoms with van der Waals surface area (Å²) in [6, 6.07) is 8.05. The Morgan fingerprint density at radius 3 is 2.36 bits per heavy atom. The second-order valence-electron chi connectivity index (χ2n) is 6.20. The number of hydrogen-bond donors (Lipinski definition) is 0. The molecule has 0 amide bonds. The van der Waals surface area contributed by atoms with Crippen LogP contribution in [0.2, 0.25) is 5.02 Å². The quantitative estimate of drug-likeness (QED) is 0.516. The average Bonchev–Trinajstić information content (AvgIpc) is 2.66. The van der Waals surface area contributed by atoms with E-state index in [0.717, 1.165) is 48.3 Å². The molecule has 0 saturated heterocycles. The molecule has 2 heterocycles. The van der Waals surface area contributed by atoms with Crippen LogP contribution in [0, 0.1) is 6.92 Å². The molecule has 0 aliphatic rings. The summed E-state index contributed by atoms with van der Waals surface area (Å²) in [5.41, 5.74) is 1.88. The van der Waals surface area contributed by atoms with Crippen LogP contribution in [0.3, 0.4) is 0 Å². The van der Waals surface area contributed by atoms with Crippen LogP contribution in [0.5, 0.6) is 11.6 Å². The summed E-state index contributed by atoms with van der Waals surface area (Å²) in [7, 11) is 0. The van der Waals surface area contributed by atoms with Crippen molar-refractivity contribution in [1.29, 1.82) is 0 Å². The lowest BCUT2D eigenvalue weighted by atomic mass is 10.1. The van der Waals surface area contributed by atoms with E-state index in [2.05, 4.69) is 15.0 Å². The van der Waals surface area contributed by atoms with Crippen molar-refractivity contribution in [1.82, 2.24) is 15.0 Å². The molecule has 28 heavy (non-hydrogen) atoms. The normalized spacial score (nSPS) is 11.5. The van der Waals surface area contributed by atoms with E-state index in [9.17, 15) is 13.2 Å². The number of alkyl halides is 3. The van der Waals surface area contributed by atoms with Crippen molar-refractivity contribution < 1.29 is 17.9 Å². The lowest BCUT2D eigenvalue weighted by molar-refractivity contribution is -0.137. The number of hydrogen-bond acceptors (Lipinski definition) is 4. The minimum Gasteiger partial charge on any atom is -0.439 e. The monoisotopic (exact) mass is 407 g/mol. The van der Waals surface area contributed by atoms with E-state index in [1.54, 1.807) is 12.3 Å². The van der Waals surface area contributed by atoms with Gasteiger partial charge >= 0.3 is 6.18 Å². The van der Waals surface area contributed by atoms with Gasteiger partial charge in [0.25, 0.3) is 0 Å². The third-order valence-corrected chi connectivity index (χ3v) is 4.61. The molecular weight excluding hydrogens is 391 g/mol. The van der Waals surface area contributed by atoms with Crippen LogP contribution in [0.25, 0.3) is 0 Å². The summed E-state index contributed by atoms with van der Waals surface area (Å²) in [6.07, 6.45) is 1.18. The highest BCUT2D eigenvalue weighted by atomic mass is 35.5. The predicted octanol–water partition coefficient (Wildman–Crippen LogP) is 5.82. The van der Waals surface area contributed by atoms with E-state index in [0.29, 0.717) is 16.7 Å². The molecule has 0 saturated carbocycles. The molecule has 0 aliphatic carbocycles. The van der Waals surface area contributed by atoms with Crippen LogP contribution in [0.1, 0.15) is 28.9 Å². The molecule has 4 nitrogen and oxygen atoms in total. The van der Waals surface area contributed by atoms with E-state index in [4.69, 9.17) is 16.3 Å². The maximum atomic E-state index is 12.6. The molecule has 146 valence electrons. The number of aromatic nitrogens is 3. The lowest BCUT2D eigenvalue weighted by Gasteiger charge is -2.09. The molecule has 0 spiro atoms. The molecule has 0 atom stereocenters. The van der Waals surface area contributed by atoms with Crippen LogP contribution in [-0.4, -0.2) is 15.0 Å². The van der Waals surface area contributed by atoms with Gasteiger partial charge in [0.15, 0.2) is 0 Å². The van der Waals surface area contributed by atoms with E-state index in [1.807, 2.05) is 13.0 Å². The first-order chi connectivity index (χ1) is 13.3. The highest BCUT2D eigenvalue weighted by Gasteiger charge is 2.30. The van der Waals surface area contributed by atoms with E-state index >= 15 is 0 Å². The van der Waals surface area contributed by atoms with Crippen molar-refractivity contribution in [2.75, 3.05) is 0 Å². The summed E-state index contributed by atoms with van der Waals surface area (Å²) >= 11 is 6.19. The number of benzene rings is 1. The standard InChI is InChI=1S/C20H17ClF3N3O/c1-13-19(21)17(27-12-26-13)4-2-3-14-5-10-18(25-11-14)28-16-8-6-15(7-9-16)20(22,23)24/h5-12H,2-4H2,1H3. The largest absolute Gasteiger partial charge is 0.439 e. The summed E-state index contributed by atoms with van der Waals surface area (Å²) in [6.45, 7) is 1.84. The van der Waals surface area contributed by atoms with Gasteiger partial charge in [-0.25, -0.2) is 15.0 Å². The van der Waals surface area contributed by atoms with Gasteiger partial charge in [-0.2, -0.15) is 13.2 Å². The molecule has 2 aromatic heterocycles. The maximum Gasteiger partial charge on any atom is 0.416 e. The minimum absolute atomic E-state index is 0.294. The molecule has 0 fully saturated rings. The Morgan fingerprint density at radius 1 is 0.964 bits per heavy atom. The first-order valence-corrected chi connectivity index (χ1v) is 8.97. The van der Waals surface area contributed by atoms with E-state index in [-0.39, 0.29) is 0 Å². The topological polar surface area (TPSA) is 47.9 Å². The highest BCUT2D eigenvalue weighted by molar-refractivity contribution is 6.31. The molecule has 0 bridgehead atoms. The smallest absolute Gasteiger partial charge is 0.416 e. The van der Waals surface area contributed by atoms with Crippen LogP contribution in [0.15, 0.2) is 48.9 Å². The third-order valence-electron chi connectivity index (χ3n) is 4.12. The van der Waals surface area contributed by atoms with Crippen molar-refractivity contribution in [3.8, 4) is 11.6 Å². The Labute approximate surface area is 165 Å². The number of aryl methyl sites for hydroxylation is 3. The van der Waals surface area contributed by atoms with Crippen LogP contribution in [-0.2, 0) is 19.0 Å². The maximum absolute atomic E-state index is 12.6. The first-order valence-electron chi connectivity index (χ1n) is 8.59. The zero-order valence-corrected chi connectivity index (χ0v) is 15.8. The average molecular weight is 408 g/mol. The summed E-state index contributed by atoms with van der Waals surface area (Å²) in [4.78, 5) is 12.5. The Kier molecular flexibility index (Phi) is 6.14. The fourth-order valence-electron chi connectivity index (χ4n) is 2.59. The number of halogens is 4. The van der Waals surface area contributed by atoms with Gasteiger partial charge in [-0.3, -0.25) is 0 Å². The van der Waals surface area contributed by atoms with E-state index < -0.39 is 11.7 Å². The third kappa shape index (κ3) is 5.19. The van der Waals surface area contributed by atoms with E-state index in [1.165, 1.54) is 18.5 Å². The van der Waals surface area contributed by atoms with Crippen LogP contribution in [0.4, 0.5) is 13.2 Å². The van der Waals surface area contributed by atoms with Gasteiger partial charge in [-0.1, -0.05) is 17.7 Å². The highest BCUT2D eigenvalue weighted by Crippen LogP contribution is 2.31. The molecule has 3 rings (SSSR count). The molecule has 1 aromatic carbocycles. The van der Waals surface area contributed by atoms with Crippen molar-refractivity contribution in [3.05, 3.63) is 76.5 Å². The summed E-state index contributed by atoms with van der Waals surface area (Å²) in [5, 5.41) is 0.598. The first kappa shape index (κ1) is 20.1. The van der Waals surface area contributed by atoms with Gasteiger partial charge < -0.3 is 4.74 Å². The second-order valence-corrected chi connectivity index (χ2v) is 6.58. The molecule has 0 radical (unpaired) electrons. The number of ether oxygens (including phenoxy) is 1. The van der Waals surface area contributed by atoms with Crippen molar-refractivity contribution >= 4 is 11.6 Å². The SMILES string of the molecule is Cc1ncnc(CCCc2ccc(Oc3ccc(C(F)(F)F)cc3)nc2)c1Cl. The van der Waals surface area contributed by atoms with Gasteiger partial charge in [0.05, 0.1) is 22.0 Å². The van der Waals surface area contributed by atoms with Gasteiger partial charge in [0.1, 0.15) is 12.1 Å². The van der Waals surface area contributed by atoms with Crippen molar-refractivity contribution in [2.45, 2.75) is 32.4 Å². The fourth-order valence-corrected chi connectivity index (χ4v) is 2.79. The zero-order chi connectivity index (χ0) is 20.1. The molecule has 0 aliphatic heterocycles. The van der Waals surface area contributed by atoms with Crippen molar-refractivity contribution in [3.63, 3.8) is 0 Å². The van der Waals surface area contributed by atoms with Crippen molar-refractivity contribution in [2.24, 2.45) is 0 Å². The van der Waals surface area contributed by atoms with Gasteiger partial charge in [0, 0.05) is 12.3 Å². The van der Waals surface area contributed by atoms with Crippen LogP contribution < -0.4 is 4.74 Å². The Morgan fingerprint density at radius 2 is 1.71 bits per heavy atom. The summed E-state index contributed by atoms with van der Waals surface area (Å²) < 4.78 is 43.2. The molecular formula is C20H17ClF3N3O. The fraction of sp³-hybridized carbons (Fsp3) is 0.250. The molecule has 3 aromatic rings.